The number of rotatable bonds is 4. The second-order valence-electron chi connectivity index (χ2n) is 4.46. The first-order valence-corrected chi connectivity index (χ1v) is 6.72. The Hall–Kier alpha value is -1.63. The molecule has 0 spiro atoms. The van der Waals surface area contributed by atoms with Gasteiger partial charge in [0.1, 0.15) is 5.69 Å². The third-order valence-electron chi connectivity index (χ3n) is 2.69. The monoisotopic (exact) mass is 304 g/mol. The van der Waals surface area contributed by atoms with Gasteiger partial charge in [-0.1, -0.05) is 0 Å². The number of hydrogen-bond acceptors (Lipinski definition) is 3. The fourth-order valence-corrected chi connectivity index (χ4v) is 2.83. The van der Waals surface area contributed by atoms with Crippen molar-refractivity contribution in [2.75, 3.05) is 5.32 Å². The van der Waals surface area contributed by atoms with Crippen LogP contribution < -0.4 is 5.32 Å². The smallest absolute Gasteiger partial charge is 0.253 e. The lowest BCUT2D eigenvalue weighted by molar-refractivity contribution is 0.409. The second kappa shape index (κ2) is 5.78. The molecule has 0 amide bonds. The molecule has 2 aromatic rings. The molecule has 7 heteroatoms. The predicted octanol–water partition coefficient (Wildman–Crippen LogP) is 4.05. The number of aromatic nitrogens is 1. The fraction of sp³-hybridized carbons (Fsp3) is 0.308. The van der Waals surface area contributed by atoms with Crippen LogP contribution in [0.15, 0.2) is 12.1 Å². The van der Waals surface area contributed by atoms with E-state index in [0.717, 1.165) is 9.75 Å². The summed E-state index contributed by atoms with van der Waals surface area (Å²) >= 11 is 1.55. The number of anilines is 1. The van der Waals surface area contributed by atoms with Crippen molar-refractivity contribution < 1.29 is 17.6 Å². The summed E-state index contributed by atoms with van der Waals surface area (Å²) in [6.45, 7) is 3.61. The first-order chi connectivity index (χ1) is 9.38. The van der Waals surface area contributed by atoms with Crippen LogP contribution >= 0.6 is 11.3 Å². The molecule has 0 radical (unpaired) electrons. The van der Waals surface area contributed by atoms with E-state index < -0.39 is 35.3 Å². The summed E-state index contributed by atoms with van der Waals surface area (Å²) in [5.41, 5.74) is -0.823. The molecule has 20 heavy (non-hydrogen) atoms. The molecule has 0 fully saturated rings. The lowest BCUT2D eigenvalue weighted by Crippen LogP contribution is -2.20. The minimum absolute atomic E-state index is 0.391. The molecule has 2 rings (SSSR count). The van der Waals surface area contributed by atoms with Crippen LogP contribution in [0.5, 0.6) is 0 Å². The first-order valence-electron chi connectivity index (χ1n) is 5.90. The highest BCUT2D eigenvalue weighted by Crippen LogP contribution is 2.24. The number of pyridine rings is 1. The van der Waals surface area contributed by atoms with E-state index in [2.05, 4.69) is 10.3 Å². The summed E-state index contributed by atoms with van der Waals surface area (Å²) in [6, 6.07) is 3.44. The van der Waals surface area contributed by atoms with Crippen LogP contribution in [0.4, 0.5) is 23.2 Å². The standard InChI is InChI=1S/C13H12F4N2S/c1-6(5-8-4-3-7(2)20-8)18-11-9(14)12(16)19-13(17)10(11)15/h3-4,6H,5H2,1-2H3,(H,18,19). The van der Waals surface area contributed by atoms with E-state index in [9.17, 15) is 17.6 Å². The number of thiophene rings is 1. The summed E-state index contributed by atoms with van der Waals surface area (Å²) in [5, 5.41) is 2.45. The maximum absolute atomic E-state index is 13.4. The van der Waals surface area contributed by atoms with Crippen LogP contribution in [0.3, 0.4) is 0 Å². The average molecular weight is 304 g/mol. The number of nitrogens with one attached hydrogen (secondary N) is 1. The van der Waals surface area contributed by atoms with Crippen LogP contribution in [0, 0.1) is 30.5 Å². The number of hydrogen-bond donors (Lipinski definition) is 1. The van der Waals surface area contributed by atoms with Gasteiger partial charge in [0, 0.05) is 22.2 Å². The zero-order valence-corrected chi connectivity index (χ0v) is 11.6. The summed E-state index contributed by atoms with van der Waals surface area (Å²) < 4.78 is 52.8. The maximum Gasteiger partial charge on any atom is 0.253 e. The average Bonchev–Trinajstić information content (AvgIpc) is 2.77. The van der Waals surface area contributed by atoms with Crippen LogP contribution in [0.1, 0.15) is 16.7 Å². The highest BCUT2D eigenvalue weighted by molar-refractivity contribution is 7.11. The van der Waals surface area contributed by atoms with Gasteiger partial charge in [-0.2, -0.15) is 22.5 Å². The van der Waals surface area contributed by atoms with Gasteiger partial charge in [-0.3, -0.25) is 0 Å². The number of aryl methyl sites for hydroxylation is 1. The van der Waals surface area contributed by atoms with Gasteiger partial charge in [0.05, 0.1) is 0 Å². The summed E-state index contributed by atoms with van der Waals surface area (Å²) in [6.07, 6.45) is 0.489. The molecule has 1 unspecified atom stereocenters. The van der Waals surface area contributed by atoms with E-state index in [4.69, 9.17) is 0 Å². The maximum atomic E-state index is 13.4. The fourth-order valence-electron chi connectivity index (χ4n) is 1.81. The molecule has 108 valence electrons. The Morgan fingerprint density at radius 2 is 1.75 bits per heavy atom. The molecule has 0 saturated heterocycles. The lowest BCUT2D eigenvalue weighted by atomic mass is 10.2. The molecule has 0 aliphatic carbocycles. The molecule has 2 aromatic heterocycles. The van der Waals surface area contributed by atoms with E-state index in [1.165, 1.54) is 0 Å². The zero-order chi connectivity index (χ0) is 14.9. The Morgan fingerprint density at radius 1 is 1.15 bits per heavy atom. The van der Waals surface area contributed by atoms with Crippen LogP contribution in [-0.4, -0.2) is 11.0 Å². The van der Waals surface area contributed by atoms with Gasteiger partial charge in [0.25, 0.3) is 11.9 Å². The van der Waals surface area contributed by atoms with E-state index in [1.807, 2.05) is 19.1 Å². The second-order valence-corrected chi connectivity index (χ2v) is 5.83. The minimum Gasteiger partial charge on any atom is -0.377 e. The molecule has 0 aliphatic heterocycles. The van der Waals surface area contributed by atoms with Gasteiger partial charge in [-0.05, 0) is 26.0 Å². The summed E-state index contributed by atoms with van der Waals surface area (Å²) in [5.74, 6) is -6.35. The van der Waals surface area contributed by atoms with Gasteiger partial charge >= 0.3 is 0 Å². The molecule has 0 bridgehead atoms. The molecule has 0 aliphatic rings. The lowest BCUT2D eigenvalue weighted by Gasteiger charge is -2.15. The van der Waals surface area contributed by atoms with Crippen LogP contribution in [0.2, 0.25) is 0 Å². The van der Waals surface area contributed by atoms with Gasteiger partial charge in [-0.15, -0.1) is 11.3 Å². The first kappa shape index (κ1) is 14.8. The van der Waals surface area contributed by atoms with E-state index in [1.54, 1.807) is 18.3 Å². The molecule has 1 N–H and O–H groups in total. The molecule has 0 aromatic carbocycles. The van der Waals surface area contributed by atoms with Gasteiger partial charge < -0.3 is 5.32 Å². The molecule has 1 atom stereocenters. The third kappa shape index (κ3) is 3.09. The SMILES string of the molecule is Cc1ccc(CC(C)Nc2c(F)c(F)nc(F)c2F)s1. The predicted molar refractivity (Wildman–Crippen MR) is 69.9 cm³/mol. The van der Waals surface area contributed by atoms with Crippen molar-refractivity contribution in [3.05, 3.63) is 45.4 Å². The summed E-state index contributed by atoms with van der Waals surface area (Å²) in [7, 11) is 0. The van der Waals surface area contributed by atoms with Crippen molar-refractivity contribution in [3.8, 4) is 0 Å². The van der Waals surface area contributed by atoms with Crippen molar-refractivity contribution in [1.29, 1.82) is 0 Å². The Labute approximate surface area is 117 Å². The Kier molecular flexibility index (Phi) is 4.27. The van der Waals surface area contributed by atoms with Crippen molar-refractivity contribution >= 4 is 17.0 Å². The van der Waals surface area contributed by atoms with Gasteiger partial charge in [0.2, 0.25) is 11.6 Å². The van der Waals surface area contributed by atoms with E-state index in [0.29, 0.717) is 6.42 Å². The highest BCUT2D eigenvalue weighted by atomic mass is 32.1. The summed E-state index contributed by atoms with van der Waals surface area (Å²) in [4.78, 5) is 4.64. The largest absolute Gasteiger partial charge is 0.377 e. The minimum atomic E-state index is -1.66. The number of nitrogens with zero attached hydrogens (tertiary/aromatic N) is 1. The zero-order valence-electron chi connectivity index (χ0n) is 10.8. The van der Waals surface area contributed by atoms with Crippen molar-refractivity contribution in [1.82, 2.24) is 4.98 Å². The highest BCUT2D eigenvalue weighted by Gasteiger charge is 2.22. The molecular weight excluding hydrogens is 292 g/mol. The topological polar surface area (TPSA) is 24.9 Å². The van der Waals surface area contributed by atoms with Crippen molar-refractivity contribution in [2.45, 2.75) is 26.3 Å². The molecule has 2 nitrogen and oxygen atoms in total. The molecule has 2 heterocycles. The quantitative estimate of drug-likeness (QED) is 0.681. The van der Waals surface area contributed by atoms with Crippen molar-refractivity contribution in [2.24, 2.45) is 0 Å². The van der Waals surface area contributed by atoms with Crippen molar-refractivity contribution in [3.63, 3.8) is 0 Å². The Bertz CT molecular complexity index is 601. The van der Waals surface area contributed by atoms with Gasteiger partial charge in [0.15, 0.2) is 0 Å². The molecule has 0 saturated carbocycles. The van der Waals surface area contributed by atoms with Crippen LogP contribution in [-0.2, 0) is 6.42 Å². The van der Waals surface area contributed by atoms with E-state index >= 15 is 0 Å². The van der Waals surface area contributed by atoms with Gasteiger partial charge in [-0.25, -0.2) is 0 Å². The Morgan fingerprint density at radius 3 is 2.25 bits per heavy atom. The Balaban J connectivity index is 2.17. The van der Waals surface area contributed by atoms with E-state index in [-0.39, 0.29) is 0 Å². The normalized spacial score (nSPS) is 12.5. The number of halogens is 4. The third-order valence-corrected chi connectivity index (χ3v) is 3.71. The molecular formula is C13H12F4N2S. The van der Waals surface area contributed by atoms with Crippen LogP contribution in [0.25, 0.3) is 0 Å².